The van der Waals surface area contributed by atoms with Gasteiger partial charge in [-0.2, -0.15) is 0 Å². The Morgan fingerprint density at radius 1 is 0.867 bits per heavy atom. The molecule has 0 aromatic rings. The maximum Gasteiger partial charge on any atom is 0.328 e. The number of hydrogen-bond acceptors (Lipinski definition) is 4. The smallest absolute Gasteiger partial charge is 0.328 e. The van der Waals surface area contributed by atoms with Crippen LogP contribution < -0.4 is 10.6 Å². The Hall–Kier alpha value is -1.59. The molecule has 174 valence electrons. The van der Waals surface area contributed by atoms with E-state index < -0.39 is 18.1 Å². The zero-order chi connectivity index (χ0) is 22.7. The molecule has 0 aromatic heterocycles. The van der Waals surface area contributed by atoms with Crippen LogP contribution in [-0.4, -0.2) is 37.0 Å². The van der Waals surface area contributed by atoms with Gasteiger partial charge in [0.2, 0.25) is 11.8 Å². The predicted molar refractivity (Wildman–Crippen MR) is 120 cm³/mol. The number of amides is 2. The summed E-state index contributed by atoms with van der Waals surface area (Å²) in [5.74, 6) is -0.287. The number of hydrogen-bond donors (Lipinski definition) is 2. The summed E-state index contributed by atoms with van der Waals surface area (Å²) < 4.78 is 4.80. The van der Waals surface area contributed by atoms with Crippen molar-refractivity contribution < 1.29 is 19.1 Å². The molecule has 1 rings (SSSR count). The van der Waals surface area contributed by atoms with E-state index in [9.17, 15) is 14.4 Å². The van der Waals surface area contributed by atoms with Crippen LogP contribution in [0.15, 0.2) is 0 Å². The lowest BCUT2D eigenvalue weighted by molar-refractivity contribution is -0.147. The zero-order valence-corrected chi connectivity index (χ0v) is 20.0. The van der Waals surface area contributed by atoms with Gasteiger partial charge < -0.3 is 15.4 Å². The van der Waals surface area contributed by atoms with E-state index in [0.29, 0.717) is 0 Å². The molecule has 0 unspecified atom stereocenters. The number of unbranched alkanes of at least 4 members (excludes halogenated alkanes) is 3. The highest BCUT2D eigenvalue weighted by Gasteiger charge is 2.33. The summed E-state index contributed by atoms with van der Waals surface area (Å²) in [6.45, 7) is 9.74. The van der Waals surface area contributed by atoms with Gasteiger partial charge in [0.25, 0.3) is 0 Å². The van der Waals surface area contributed by atoms with Crippen molar-refractivity contribution in [2.24, 2.45) is 23.7 Å². The summed E-state index contributed by atoms with van der Waals surface area (Å²) in [7, 11) is 1.31. The molecular weight excluding hydrogens is 380 g/mol. The van der Waals surface area contributed by atoms with Crippen LogP contribution >= 0.6 is 0 Å². The van der Waals surface area contributed by atoms with Crippen LogP contribution in [0.1, 0.15) is 92.4 Å². The molecule has 30 heavy (non-hydrogen) atoms. The van der Waals surface area contributed by atoms with Crippen molar-refractivity contribution in [1.82, 2.24) is 10.6 Å². The zero-order valence-electron chi connectivity index (χ0n) is 20.0. The minimum atomic E-state index is -0.719. The van der Waals surface area contributed by atoms with Gasteiger partial charge in [0.15, 0.2) is 0 Å². The SMILES string of the molecule is CCCCCCC1CCC(C(=O)N[C@H](C(=O)N[C@@H](C(=O)OC)C(C)C)C(C)C)CC1. The molecule has 1 aliphatic rings. The second kappa shape index (κ2) is 13.7. The fraction of sp³-hybridized carbons (Fsp3) is 0.875. The Morgan fingerprint density at radius 3 is 1.97 bits per heavy atom. The molecule has 2 atom stereocenters. The van der Waals surface area contributed by atoms with Gasteiger partial charge in [0, 0.05) is 5.92 Å². The third-order valence-corrected chi connectivity index (χ3v) is 6.35. The first-order valence-electron chi connectivity index (χ1n) is 11.9. The molecule has 0 heterocycles. The second-order valence-electron chi connectivity index (χ2n) is 9.55. The van der Waals surface area contributed by atoms with Gasteiger partial charge in [-0.05, 0) is 43.4 Å². The lowest BCUT2D eigenvalue weighted by atomic mass is 9.79. The Labute approximate surface area is 183 Å². The third-order valence-electron chi connectivity index (χ3n) is 6.35. The van der Waals surface area contributed by atoms with E-state index in [1.54, 1.807) is 0 Å². The average molecular weight is 425 g/mol. The van der Waals surface area contributed by atoms with Gasteiger partial charge in [0.05, 0.1) is 7.11 Å². The van der Waals surface area contributed by atoms with Gasteiger partial charge >= 0.3 is 5.97 Å². The van der Waals surface area contributed by atoms with Gasteiger partial charge in [-0.15, -0.1) is 0 Å². The highest BCUT2D eigenvalue weighted by Crippen LogP contribution is 2.32. The molecule has 1 saturated carbocycles. The van der Waals surface area contributed by atoms with E-state index in [4.69, 9.17) is 4.74 Å². The van der Waals surface area contributed by atoms with E-state index in [0.717, 1.165) is 31.6 Å². The number of carbonyl (C=O) groups excluding carboxylic acids is 3. The lowest BCUT2D eigenvalue weighted by Crippen LogP contribution is -2.56. The van der Waals surface area contributed by atoms with Crippen LogP contribution in [0.4, 0.5) is 0 Å². The Balaban J connectivity index is 2.57. The van der Waals surface area contributed by atoms with Crippen LogP contribution in [-0.2, 0) is 19.1 Å². The van der Waals surface area contributed by atoms with E-state index >= 15 is 0 Å². The van der Waals surface area contributed by atoms with Crippen molar-refractivity contribution >= 4 is 17.8 Å². The van der Waals surface area contributed by atoms with Crippen molar-refractivity contribution in [2.75, 3.05) is 7.11 Å². The van der Waals surface area contributed by atoms with Gasteiger partial charge in [-0.1, -0.05) is 66.7 Å². The van der Waals surface area contributed by atoms with E-state index in [-0.39, 0.29) is 29.6 Å². The lowest BCUT2D eigenvalue weighted by Gasteiger charge is -2.31. The fourth-order valence-electron chi connectivity index (χ4n) is 4.25. The van der Waals surface area contributed by atoms with Crippen LogP contribution in [0, 0.1) is 23.7 Å². The maximum absolute atomic E-state index is 12.9. The predicted octanol–water partition coefficient (Wildman–Crippen LogP) is 4.22. The number of rotatable bonds is 12. The second-order valence-corrected chi connectivity index (χ2v) is 9.55. The summed E-state index contributed by atoms with van der Waals surface area (Å²) in [5.41, 5.74) is 0. The number of methoxy groups -OCH3 is 1. The number of nitrogens with one attached hydrogen (secondary N) is 2. The normalized spacial score (nSPS) is 21.2. The molecule has 0 radical (unpaired) electrons. The van der Waals surface area contributed by atoms with Crippen LogP contribution in [0.3, 0.4) is 0 Å². The maximum atomic E-state index is 12.9. The third kappa shape index (κ3) is 8.65. The molecule has 2 N–H and O–H groups in total. The highest BCUT2D eigenvalue weighted by atomic mass is 16.5. The Morgan fingerprint density at radius 2 is 1.47 bits per heavy atom. The highest BCUT2D eigenvalue weighted by molar-refractivity contribution is 5.91. The van der Waals surface area contributed by atoms with Crippen LogP contribution in [0.2, 0.25) is 0 Å². The quantitative estimate of drug-likeness (QED) is 0.363. The van der Waals surface area contributed by atoms with E-state index in [1.165, 1.54) is 39.2 Å². The van der Waals surface area contributed by atoms with Crippen molar-refractivity contribution in [2.45, 2.75) is 104 Å². The Bertz CT molecular complexity index is 539. The molecule has 0 saturated heterocycles. The molecular formula is C24H44N2O4. The fourth-order valence-corrected chi connectivity index (χ4v) is 4.25. The summed E-state index contributed by atoms with van der Waals surface area (Å²) in [6, 6.07) is -1.38. The number of ether oxygens (including phenoxy) is 1. The molecule has 1 aliphatic carbocycles. The molecule has 0 spiro atoms. The van der Waals surface area contributed by atoms with Gasteiger partial charge in [-0.25, -0.2) is 4.79 Å². The average Bonchev–Trinajstić information content (AvgIpc) is 2.72. The molecule has 6 heteroatoms. The van der Waals surface area contributed by atoms with Crippen LogP contribution in [0.5, 0.6) is 0 Å². The summed E-state index contributed by atoms with van der Waals surface area (Å²) >= 11 is 0. The number of esters is 1. The van der Waals surface area contributed by atoms with Gasteiger partial charge in [-0.3, -0.25) is 9.59 Å². The monoisotopic (exact) mass is 424 g/mol. The topological polar surface area (TPSA) is 84.5 Å². The summed E-state index contributed by atoms with van der Waals surface area (Å²) in [5, 5.41) is 5.73. The van der Waals surface area contributed by atoms with E-state index in [1.807, 2.05) is 27.7 Å². The summed E-state index contributed by atoms with van der Waals surface area (Å²) in [6.07, 6.45) is 10.4. The first kappa shape index (κ1) is 26.4. The molecule has 0 aromatic carbocycles. The standard InChI is InChI=1S/C24H44N2O4/c1-7-8-9-10-11-18-12-14-19(15-13-18)22(27)25-20(16(2)3)23(28)26-21(17(4)5)24(29)30-6/h16-21H,7-15H2,1-6H3,(H,25,27)(H,26,28)/t18?,19?,20-,21+/m0/s1. The molecule has 6 nitrogen and oxygen atoms in total. The molecule has 1 fully saturated rings. The molecule has 0 bridgehead atoms. The van der Waals surface area contributed by atoms with Crippen molar-refractivity contribution in [1.29, 1.82) is 0 Å². The first-order chi connectivity index (χ1) is 14.2. The summed E-state index contributed by atoms with van der Waals surface area (Å²) in [4.78, 5) is 37.6. The number of carbonyl (C=O) groups is 3. The van der Waals surface area contributed by atoms with Crippen LogP contribution in [0.25, 0.3) is 0 Å². The van der Waals surface area contributed by atoms with Crippen molar-refractivity contribution in [3.63, 3.8) is 0 Å². The Kier molecular flexibility index (Phi) is 12.0. The minimum absolute atomic E-state index is 0.0209. The largest absolute Gasteiger partial charge is 0.467 e. The van der Waals surface area contributed by atoms with Crippen molar-refractivity contribution in [3.05, 3.63) is 0 Å². The van der Waals surface area contributed by atoms with E-state index in [2.05, 4.69) is 17.6 Å². The van der Waals surface area contributed by atoms with Crippen molar-refractivity contribution in [3.8, 4) is 0 Å². The first-order valence-corrected chi connectivity index (χ1v) is 11.9. The minimum Gasteiger partial charge on any atom is -0.467 e. The molecule has 0 aliphatic heterocycles. The molecule has 2 amide bonds. The van der Waals surface area contributed by atoms with Gasteiger partial charge in [0.1, 0.15) is 12.1 Å².